The molecule has 19 heavy (non-hydrogen) atoms. The van der Waals surface area contributed by atoms with Crippen LogP contribution >= 0.6 is 11.8 Å². The number of carbonyl (C=O) groups is 2. The molecular weight excluding hydrogens is 260 g/mol. The molecule has 2 N–H and O–H groups in total. The van der Waals surface area contributed by atoms with Crippen molar-refractivity contribution in [2.24, 2.45) is 0 Å². The maximum Gasteiger partial charge on any atom is 0.237 e. The third-order valence-electron chi connectivity index (χ3n) is 2.79. The van der Waals surface area contributed by atoms with Crippen LogP contribution in [0.3, 0.4) is 0 Å². The van der Waals surface area contributed by atoms with Crippen molar-refractivity contribution in [1.29, 1.82) is 0 Å². The highest BCUT2D eigenvalue weighted by Gasteiger charge is 2.23. The van der Waals surface area contributed by atoms with Gasteiger partial charge in [0.05, 0.1) is 17.4 Å². The van der Waals surface area contributed by atoms with Gasteiger partial charge < -0.3 is 10.6 Å². The van der Waals surface area contributed by atoms with Crippen LogP contribution in [-0.2, 0) is 16.0 Å². The number of amides is 2. The minimum Gasteiger partial charge on any atom is -0.354 e. The second-order valence-corrected chi connectivity index (χ2v) is 6.36. The molecule has 1 aromatic carbocycles. The molecule has 1 aliphatic heterocycles. The third-order valence-corrected chi connectivity index (χ3v) is 3.97. The van der Waals surface area contributed by atoms with E-state index in [-0.39, 0.29) is 23.1 Å². The van der Waals surface area contributed by atoms with Gasteiger partial charge in [-0.2, -0.15) is 0 Å². The molecule has 0 radical (unpaired) electrons. The van der Waals surface area contributed by atoms with Gasteiger partial charge in [0, 0.05) is 10.9 Å². The number of thioether (sulfide) groups is 1. The minimum absolute atomic E-state index is 0.00175. The number of nitrogens with one attached hydrogen (secondary N) is 2. The van der Waals surface area contributed by atoms with Crippen molar-refractivity contribution in [3.8, 4) is 0 Å². The summed E-state index contributed by atoms with van der Waals surface area (Å²) < 4.78 is 0. The van der Waals surface area contributed by atoms with Gasteiger partial charge in [0.2, 0.25) is 11.8 Å². The fraction of sp³-hybridized carbons (Fsp3) is 0.429. The summed E-state index contributed by atoms with van der Waals surface area (Å²) in [5.74, 6) is 0.0133. The molecule has 0 bridgehead atoms. The Bertz CT molecular complexity index is 514. The molecule has 4 nitrogen and oxygen atoms in total. The van der Waals surface area contributed by atoms with Crippen LogP contribution in [0, 0.1) is 0 Å². The van der Waals surface area contributed by atoms with E-state index in [1.54, 1.807) is 11.8 Å². The van der Waals surface area contributed by atoms with Crippen LogP contribution in [-0.4, -0.2) is 23.1 Å². The summed E-state index contributed by atoms with van der Waals surface area (Å²) in [6.07, 6.45) is 0.335. The fourth-order valence-corrected chi connectivity index (χ4v) is 2.85. The Morgan fingerprint density at radius 1 is 1.47 bits per heavy atom. The topological polar surface area (TPSA) is 58.2 Å². The Morgan fingerprint density at radius 3 is 2.89 bits per heavy atom. The first-order chi connectivity index (χ1) is 8.95. The van der Waals surface area contributed by atoms with Crippen LogP contribution in [0.4, 0.5) is 5.69 Å². The first-order valence-corrected chi connectivity index (χ1v) is 7.23. The summed E-state index contributed by atoms with van der Waals surface area (Å²) in [5, 5.41) is 5.66. The predicted molar refractivity (Wildman–Crippen MR) is 77.4 cm³/mol. The lowest BCUT2D eigenvalue weighted by atomic mass is 10.1. The van der Waals surface area contributed by atoms with E-state index >= 15 is 0 Å². The Labute approximate surface area is 117 Å². The Kier molecular flexibility index (Phi) is 4.14. The highest BCUT2D eigenvalue weighted by molar-refractivity contribution is 8.00. The van der Waals surface area contributed by atoms with E-state index in [0.717, 1.165) is 16.1 Å². The van der Waals surface area contributed by atoms with Crippen LogP contribution < -0.4 is 10.6 Å². The molecule has 0 spiro atoms. The molecule has 0 aromatic heterocycles. The SMILES string of the molecule is CC(C)NC(=O)Cc1ccc2c(c1)NC(=O)C(C)S2. The van der Waals surface area contributed by atoms with Gasteiger partial charge in [-0.15, -0.1) is 11.8 Å². The van der Waals surface area contributed by atoms with Gasteiger partial charge in [-0.1, -0.05) is 6.07 Å². The normalized spacial score (nSPS) is 17.9. The summed E-state index contributed by atoms with van der Waals surface area (Å²) in [4.78, 5) is 24.4. The summed E-state index contributed by atoms with van der Waals surface area (Å²) in [6, 6.07) is 5.93. The van der Waals surface area contributed by atoms with Gasteiger partial charge in [-0.05, 0) is 38.5 Å². The van der Waals surface area contributed by atoms with Crippen LogP contribution in [0.25, 0.3) is 0 Å². The lowest BCUT2D eigenvalue weighted by Crippen LogP contribution is -2.31. The highest BCUT2D eigenvalue weighted by Crippen LogP contribution is 2.35. The monoisotopic (exact) mass is 278 g/mol. The van der Waals surface area contributed by atoms with E-state index in [2.05, 4.69) is 10.6 Å². The zero-order valence-corrected chi connectivity index (χ0v) is 12.1. The molecule has 1 atom stereocenters. The average Bonchev–Trinajstić information content (AvgIpc) is 2.30. The molecular formula is C14H18N2O2S. The van der Waals surface area contributed by atoms with Crippen molar-refractivity contribution >= 4 is 29.3 Å². The summed E-state index contributed by atoms with van der Waals surface area (Å²) in [5.41, 5.74) is 1.72. The quantitative estimate of drug-likeness (QED) is 0.891. The fourth-order valence-electron chi connectivity index (χ4n) is 1.92. The van der Waals surface area contributed by atoms with Gasteiger partial charge >= 0.3 is 0 Å². The van der Waals surface area contributed by atoms with E-state index in [1.165, 1.54) is 0 Å². The number of benzene rings is 1. The number of fused-ring (bicyclic) bond motifs is 1. The molecule has 5 heteroatoms. The molecule has 0 saturated heterocycles. The molecule has 2 rings (SSSR count). The third kappa shape index (κ3) is 3.50. The average molecular weight is 278 g/mol. The van der Waals surface area contributed by atoms with Crippen molar-refractivity contribution in [2.75, 3.05) is 5.32 Å². The molecule has 0 fully saturated rings. The van der Waals surface area contributed by atoms with Gasteiger partial charge in [-0.3, -0.25) is 9.59 Å². The van der Waals surface area contributed by atoms with Crippen molar-refractivity contribution in [3.05, 3.63) is 23.8 Å². The maximum atomic E-state index is 11.7. The number of hydrogen-bond acceptors (Lipinski definition) is 3. The summed E-state index contributed by atoms with van der Waals surface area (Å²) in [6.45, 7) is 5.75. The van der Waals surface area contributed by atoms with E-state index in [9.17, 15) is 9.59 Å². The smallest absolute Gasteiger partial charge is 0.237 e. The molecule has 1 aliphatic rings. The Morgan fingerprint density at radius 2 is 2.21 bits per heavy atom. The summed E-state index contributed by atoms with van der Waals surface area (Å²) in [7, 11) is 0. The van der Waals surface area contributed by atoms with E-state index < -0.39 is 0 Å². The van der Waals surface area contributed by atoms with Crippen molar-refractivity contribution in [1.82, 2.24) is 5.32 Å². The van der Waals surface area contributed by atoms with Gasteiger partial charge in [0.15, 0.2) is 0 Å². The molecule has 1 unspecified atom stereocenters. The molecule has 1 heterocycles. The van der Waals surface area contributed by atoms with E-state index in [4.69, 9.17) is 0 Å². The van der Waals surface area contributed by atoms with Crippen LogP contribution in [0.15, 0.2) is 23.1 Å². The zero-order chi connectivity index (χ0) is 14.0. The van der Waals surface area contributed by atoms with Gasteiger partial charge in [0.1, 0.15) is 0 Å². The number of rotatable bonds is 3. The van der Waals surface area contributed by atoms with Crippen LogP contribution in [0.2, 0.25) is 0 Å². The molecule has 0 aliphatic carbocycles. The standard InChI is InChI=1S/C14H18N2O2S/c1-8(2)15-13(17)7-10-4-5-12-11(6-10)16-14(18)9(3)19-12/h4-6,8-9H,7H2,1-3H3,(H,15,17)(H,16,18). The number of anilines is 1. The van der Waals surface area contributed by atoms with Crippen molar-refractivity contribution in [3.63, 3.8) is 0 Å². The first-order valence-electron chi connectivity index (χ1n) is 6.35. The van der Waals surface area contributed by atoms with Crippen LogP contribution in [0.5, 0.6) is 0 Å². The zero-order valence-electron chi connectivity index (χ0n) is 11.3. The first kappa shape index (κ1) is 13.9. The maximum absolute atomic E-state index is 11.7. The van der Waals surface area contributed by atoms with Crippen molar-refractivity contribution in [2.45, 2.75) is 43.4 Å². The molecule has 1 aromatic rings. The number of hydrogen-bond donors (Lipinski definition) is 2. The van der Waals surface area contributed by atoms with Gasteiger partial charge in [-0.25, -0.2) is 0 Å². The summed E-state index contributed by atoms with van der Waals surface area (Å²) >= 11 is 1.55. The van der Waals surface area contributed by atoms with Crippen LogP contribution in [0.1, 0.15) is 26.3 Å². The highest BCUT2D eigenvalue weighted by atomic mass is 32.2. The van der Waals surface area contributed by atoms with E-state index in [0.29, 0.717) is 6.42 Å². The lowest BCUT2D eigenvalue weighted by molar-refractivity contribution is -0.121. The largest absolute Gasteiger partial charge is 0.354 e. The second kappa shape index (κ2) is 5.65. The van der Waals surface area contributed by atoms with E-state index in [1.807, 2.05) is 39.0 Å². The second-order valence-electron chi connectivity index (χ2n) is 4.98. The molecule has 2 amide bonds. The minimum atomic E-state index is -0.0670. The lowest BCUT2D eigenvalue weighted by Gasteiger charge is -2.21. The molecule has 0 saturated carbocycles. The Balaban J connectivity index is 2.11. The number of carbonyl (C=O) groups excluding carboxylic acids is 2. The Hall–Kier alpha value is -1.49. The molecule has 102 valence electrons. The van der Waals surface area contributed by atoms with Gasteiger partial charge in [0.25, 0.3) is 0 Å². The predicted octanol–water partition coefficient (Wildman–Crippen LogP) is 2.19. The van der Waals surface area contributed by atoms with Crippen molar-refractivity contribution < 1.29 is 9.59 Å².